The molecule has 0 heterocycles. The van der Waals surface area contributed by atoms with Crippen LogP contribution in [0.2, 0.25) is 0 Å². The lowest BCUT2D eigenvalue weighted by molar-refractivity contribution is -0.114. The van der Waals surface area contributed by atoms with Crippen LogP contribution < -0.4 is 14.8 Å². The normalized spacial score (nSPS) is 10.2. The maximum absolute atomic E-state index is 12.3. The number of hydrogen-bond acceptors (Lipinski definition) is 4. The summed E-state index contributed by atoms with van der Waals surface area (Å²) >= 11 is 0. The molecule has 0 fully saturated rings. The lowest BCUT2D eigenvalue weighted by Crippen LogP contribution is -2.09. The van der Waals surface area contributed by atoms with Crippen molar-refractivity contribution < 1.29 is 19.1 Å². The van der Waals surface area contributed by atoms with E-state index in [2.05, 4.69) is 5.32 Å². The first-order valence-electron chi connectivity index (χ1n) is 8.88. The average molecular weight is 375 g/mol. The van der Waals surface area contributed by atoms with Gasteiger partial charge in [-0.2, -0.15) is 0 Å². The summed E-state index contributed by atoms with van der Waals surface area (Å²) in [6, 6.07) is 21.6. The number of ether oxygens (including phenoxy) is 2. The van der Waals surface area contributed by atoms with E-state index in [0.29, 0.717) is 23.6 Å². The molecule has 0 aliphatic carbocycles. The largest absolute Gasteiger partial charge is 0.489 e. The maximum atomic E-state index is 12.3. The minimum atomic E-state index is -0.446. The second kappa shape index (κ2) is 8.86. The van der Waals surface area contributed by atoms with E-state index in [0.717, 1.165) is 11.3 Å². The van der Waals surface area contributed by atoms with Crippen LogP contribution in [0.1, 0.15) is 28.4 Å². The molecule has 3 aromatic rings. The SMILES string of the molecule is CC(=O)Nc1ccc(OC(=O)c2ccc(COc3ccc(C)cc3)cc2)cc1. The van der Waals surface area contributed by atoms with Crippen LogP contribution in [-0.4, -0.2) is 11.9 Å². The molecule has 0 aromatic heterocycles. The summed E-state index contributed by atoms with van der Waals surface area (Å²) in [6.07, 6.45) is 0. The molecule has 0 aliphatic heterocycles. The number of anilines is 1. The lowest BCUT2D eigenvalue weighted by Gasteiger charge is -2.08. The van der Waals surface area contributed by atoms with Gasteiger partial charge in [-0.1, -0.05) is 29.8 Å². The molecule has 1 N–H and O–H groups in total. The summed E-state index contributed by atoms with van der Waals surface area (Å²) < 4.78 is 11.1. The van der Waals surface area contributed by atoms with E-state index in [4.69, 9.17) is 9.47 Å². The molecule has 0 atom stereocenters. The molecule has 0 aliphatic rings. The Morgan fingerprint density at radius 2 is 1.43 bits per heavy atom. The maximum Gasteiger partial charge on any atom is 0.343 e. The molecular formula is C23H21NO4. The molecule has 0 bridgehead atoms. The van der Waals surface area contributed by atoms with E-state index in [9.17, 15) is 9.59 Å². The van der Waals surface area contributed by atoms with Crippen LogP contribution in [0.5, 0.6) is 11.5 Å². The smallest absolute Gasteiger partial charge is 0.343 e. The zero-order valence-electron chi connectivity index (χ0n) is 15.8. The molecule has 1 amide bonds. The number of carbonyl (C=O) groups is 2. The highest BCUT2D eigenvalue weighted by Crippen LogP contribution is 2.18. The van der Waals surface area contributed by atoms with Crippen molar-refractivity contribution >= 4 is 17.6 Å². The average Bonchev–Trinajstić information content (AvgIpc) is 2.69. The Balaban J connectivity index is 1.55. The van der Waals surface area contributed by atoms with Crippen molar-refractivity contribution in [2.24, 2.45) is 0 Å². The Hall–Kier alpha value is -3.60. The number of amides is 1. The van der Waals surface area contributed by atoms with E-state index < -0.39 is 5.97 Å². The van der Waals surface area contributed by atoms with Crippen LogP contribution >= 0.6 is 0 Å². The topological polar surface area (TPSA) is 64.6 Å². The quantitative estimate of drug-likeness (QED) is 0.499. The van der Waals surface area contributed by atoms with Gasteiger partial charge in [0, 0.05) is 12.6 Å². The number of nitrogens with one attached hydrogen (secondary N) is 1. The van der Waals surface area contributed by atoms with Crippen LogP contribution in [0.3, 0.4) is 0 Å². The molecule has 0 unspecified atom stereocenters. The standard InChI is InChI=1S/C23H21NO4/c1-16-3-11-21(12-4-16)27-15-18-5-7-19(8-6-18)23(26)28-22-13-9-20(10-14-22)24-17(2)25/h3-14H,15H2,1-2H3,(H,24,25). The van der Waals surface area contributed by atoms with Gasteiger partial charge < -0.3 is 14.8 Å². The minimum Gasteiger partial charge on any atom is -0.489 e. The van der Waals surface area contributed by atoms with E-state index >= 15 is 0 Å². The summed E-state index contributed by atoms with van der Waals surface area (Å²) in [5.74, 6) is 0.608. The van der Waals surface area contributed by atoms with E-state index in [1.807, 2.05) is 43.3 Å². The fourth-order valence-electron chi connectivity index (χ4n) is 2.51. The Kier molecular flexibility index (Phi) is 6.07. The predicted molar refractivity (Wildman–Crippen MR) is 108 cm³/mol. The summed E-state index contributed by atoms with van der Waals surface area (Å²) in [4.78, 5) is 23.3. The van der Waals surface area contributed by atoms with Gasteiger partial charge in [-0.15, -0.1) is 0 Å². The third-order valence-corrected chi connectivity index (χ3v) is 4.00. The van der Waals surface area contributed by atoms with Gasteiger partial charge in [0.2, 0.25) is 5.91 Å². The molecule has 0 saturated carbocycles. The van der Waals surface area contributed by atoms with Crippen molar-refractivity contribution in [3.63, 3.8) is 0 Å². The summed E-state index contributed by atoms with van der Waals surface area (Å²) in [7, 11) is 0. The number of esters is 1. The molecule has 0 spiro atoms. The van der Waals surface area contributed by atoms with E-state index in [-0.39, 0.29) is 5.91 Å². The molecule has 0 saturated heterocycles. The molecule has 3 rings (SSSR count). The summed E-state index contributed by atoms with van der Waals surface area (Å²) in [5.41, 5.74) is 3.23. The number of hydrogen-bond donors (Lipinski definition) is 1. The van der Waals surface area contributed by atoms with Crippen LogP contribution in [0.25, 0.3) is 0 Å². The van der Waals surface area contributed by atoms with Crippen molar-refractivity contribution in [1.82, 2.24) is 0 Å². The van der Waals surface area contributed by atoms with Gasteiger partial charge >= 0.3 is 5.97 Å². The first-order chi connectivity index (χ1) is 13.5. The van der Waals surface area contributed by atoms with Crippen molar-refractivity contribution in [3.05, 3.63) is 89.5 Å². The van der Waals surface area contributed by atoms with E-state index in [1.165, 1.54) is 12.5 Å². The lowest BCUT2D eigenvalue weighted by atomic mass is 10.1. The summed E-state index contributed by atoms with van der Waals surface area (Å²) in [5, 5.41) is 2.66. The van der Waals surface area contributed by atoms with Gasteiger partial charge in [0.05, 0.1) is 5.56 Å². The van der Waals surface area contributed by atoms with Crippen LogP contribution in [0, 0.1) is 6.92 Å². The number of aryl methyl sites for hydroxylation is 1. The van der Waals surface area contributed by atoms with Gasteiger partial charge in [0.25, 0.3) is 0 Å². The van der Waals surface area contributed by atoms with Gasteiger partial charge in [-0.25, -0.2) is 4.79 Å². The zero-order chi connectivity index (χ0) is 19.9. The van der Waals surface area contributed by atoms with E-state index in [1.54, 1.807) is 36.4 Å². The Bertz CT molecular complexity index is 945. The van der Waals surface area contributed by atoms with Crippen molar-refractivity contribution in [2.45, 2.75) is 20.5 Å². The molecule has 5 nitrogen and oxygen atoms in total. The molecule has 5 heteroatoms. The molecule has 28 heavy (non-hydrogen) atoms. The van der Waals surface area contributed by atoms with Crippen LogP contribution in [0.15, 0.2) is 72.8 Å². The Morgan fingerprint density at radius 3 is 2.04 bits per heavy atom. The fraction of sp³-hybridized carbons (Fsp3) is 0.130. The second-order valence-electron chi connectivity index (χ2n) is 6.39. The third-order valence-electron chi connectivity index (χ3n) is 4.00. The monoisotopic (exact) mass is 375 g/mol. The molecule has 0 radical (unpaired) electrons. The fourth-order valence-corrected chi connectivity index (χ4v) is 2.51. The first-order valence-corrected chi connectivity index (χ1v) is 8.88. The van der Waals surface area contributed by atoms with Crippen molar-refractivity contribution in [3.8, 4) is 11.5 Å². The molecular weight excluding hydrogens is 354 g/mol. The molecule has 3 aromatic carbocycles. The first kappa shape index (κ1) is 19.2. The highest BCUT2D eigenvalue weighted by atomic mass is 16.5. The number of rotatable bonds is 6. The Labute approximate surface area is 163 Å². The number of carbonyl (C=O) groups excluding carboxylic acids is 2. The van der Waals surface area contributed by atoms with Crippen molar-refractivity contribution in [1.29, 1.82) is 0 Å². The van der Waals surface area contributed by atoms with Crippen LogP contribution in [0.4, 0.5) is 5.69 Å². The second-order valence-corrected chi connectivity index (χ2v) is 6.39. The third kappa shape index (κ3) is 5.45. The summed E-state index contributed by atoms with van der Waals surface area (Å²) in [6.45, 7) is 3.88. The number of benzene rings is 3. The van der Waals surface area contributed by atoms with Gasteiger partial charge in [0.15, 0.2) is 0 Å². The van der Waals surface area contributed by atoms with Crippen LogP contribution in [-0.2, 0) is 11.4 Å². The van der Waals surface area contributed by atoms with Gasteiger partial charge in [-0.3, -0.25) is 4.79 Å². The Morgan fingerprint density at radius 1 is 0.821 bits per heavy atom. The minimum absolute atomic E-state index is 0.156. The van der Waals surface area contributed by atoms with Gasteiger partial charge in [0.1, 0.15) is 18.1 Å². The predicted octanol–water partition coefficient (Wildman–Crippen LogP) is 4.75. The zero-order valence-corrected chi connectivity index (χ0v) is 15.8. The van der Waals surface area contributed by atoms with Crippen molar-refractivity contribution in [2.75, 3.05) is 5.32 Å². The molecule has 142 valence electrons. The highest BCUT2D eigenvalue weighted by molar-refractivity contribution is 5.91. The van der Waals surface area contributed by atoms with Gasteiger partial charge in [-0.05, 0) is 61.0 Å². The highest BCUT2D eigenvalue weighted by Gasteiger charge is 2.09.